The minimum Gasteiger partial charge on any atom is -0.465 e. The predicted octanol–water partition coefficient (Wildman–Crippen LogP) is 3.80. The van der Waals surface area contributed by atoms with E-state index in [0.29, 0.717) is 27.9 Å². The number of aromatic nitrogens is 5. The smallest absolute Gasteiger partial charge is 0.414 e. The Hall–Kier alpha value is -5.66. The monoisotopic (exact) mass is 574 g/mol. The zero-order chi connectivity index (χ0) is 30.0. The molecule has 0 unspecified atom stereocenters. The van der Waals surface area contributed by atoms with Crippen molar-refractivity contribution in [3.05, 3.63) is 94.8 Å². The van der Waals surface area contributed by atoms with Crippen LogP contribution in [0.4, 0.5) is 30.9 Å². The number of hydrogen-bond donors (Lipinski definition) is 2. The zero-order valence-corrected chi connectivity index (χ0v) is 22.4. The number of nitrogens with zero attached hydrogens (tertiary/aromatic N) is 6. The summed E-state index contributed by atoms with van der Waals surface area (Å²) in [6.45, 7) is -0.0577. The number of carbonyl (C=O) groups is 2. The van der Waals surface area contributed by atoms with Gasteiger partial charge >= 0.3 is 12.1 Å². The molecule has 12 nitrogen and oxygen atoms in total. The first-order chi connectivity index (χ1) is 20.2. The number of esters is 1. The second-order valence-corrected chi connectivity index (χ2v) is 9.04. The Kier molecular flexibility index (Phi) is 7.60. The number of rotatable bonds is 7. The molecule has 3 heterocycles. The molecule has 0 spiro atoms. The highest BCUT2D eigenvalue weighted by molar-refractivity contribution is 5.95. The minimum atomic E-state index is -0.801. The van der Waals surface area contributed by atoms with Gasteiger partial charge in [0.15, 0.2) is 11.6 Å². The Balaban J connectivity index is 1.55. The molecule has 1 amide bonds. The van der Waals surface area contributed by atoms with Gasteiger partial charge in [0.05, 0.1) is 43.7 Å². The van der Waals surface area contributed by atoms with Gasteiger partial charge in [0.1, 0.15) is 22.8 Å². The number of fused-ring (bicyclic) bond motifs is 1. The molecule has 0 bridgehead atoms. The second-order valence-electron chi connectivity index (χ2n) is 9.04. The first kappa shape index (κ1) is 27.9. The summed E-state index contributed by atoms with van der Waals surface area (Å²) in [5, 5.41) is 4.48. The Bertz CT molecular complexity index is 1790. The third-order valence-electron chi connectivity index (χ3n) is 6.37. The SMILES string of the molecule is COC(=O)c1ccc(CN(C(=O)OC)c2c(N)nc(-n3nc(Cc4ccccc4F)c4ncc(F)cc43)nc2N)cc1. The maximum absolute atomic E-state index is 14.4. The van der Waals surface area contributed by atoms with E-state index in [1.807, 2.05) is 0 Å². The average Bonchev–Trinajstić information content (AvgIpc) is 3.34. The summed E-state index contributed by atoms with van der Waals surface area (Å²) < 4.78 is 39.5. The van der Waals surface area contributed by atoms with Crippen LogP contribution in [0.5, 0.6) is 0 Å². The van der Waals surface area contributed by atoms with E-state index in [9.17, 15) is 18.4 Å². The lowest BCUT2D eigenvalue weighted by Gasteiger charge is -2.23. The zero-order valence-electron chi connectivity index (χ0n) is 22.4. The number of anilines is 3. The molecular weight excluding hydrogens is 550 g/mol. The van der Waals surface area contributed by atoms with Crippen molar-refractivity contribution in [2.24, 2.45) is 0 Å². The van der Waals surface area contributed by atoms with E-state index in [-0.39, 0.29) is 41.8 Å². The normalized spacial score (nSPS) is 11.0. The fraction of sp³-hybridized carbons (Fsp3) is 0.143. The third kappa shape index (κ3) is 5.37. The summed E-state index contributed by atoms with van der Waals surface area (Å²) in [4.78, 5) is 38.4. The van der Waals surface area contributed by atoms with Crippen LogP contribution >= 0.6 is 0 Å². The Morgan fingerprint density at radius 3 is 2.31 bits per heavy atom. The molecule has 0 saturated carbocycles. The lowest BCUT2D eigenvalue weighted by atomic mass is 10.1. The van der Waals surface area contributed by atoms with Crippen LogP contribution in [-0.4, -0.2) is 51.0 Å². The van der Waals surface area contributed by atoms with Crippen molar-refractivity contribution < 1.29 is 27.8 Å². The first-order valence-electron chi connectivity index (χ1n) is 12.4. The molecule has 3 aromatic heterocycles. The van der Waals surface area contributed by atoms with Crippen LogP contribution in [0.1, 0.15) is 27.2 Å². The van der Waals surface area contributed by atoms with Gasteiger partial charge < -0.3 is 20.9 Å². The van der Waals surface area contributed by atoms with E-state index in [4.69, 9.17) is 20.9 Å². The summed E-state index contributed by atoms with van der Waals surface area (Å²) in [6.07, 6.45) is 0.283. The standard InChI is InChI=1S/C28H24F2N8O4/c1-41-26(39)16-9-7-15(8-10-16)14-37(28(40)42-2)23-24(31)34-27(35-25(23)32)38-21-12-18(29)13-33-22(21)20(36-38)11-17-5-3-4-6-19(17)30/h3-10,12-13H,11,14H2,1-2H3,(H4,31,32,34,35). The van der Waals surface area contributed by atoms with E-state index >= 15 is 0 Å². The Morgan fingerprint density at radius 2 is 1.67 bits per heavy atom. The maximum atomic E-state index is 14.4. The highest BCUT2D eigenvalue weighted by Crippen LogP contribution is 2.32. The van der Waals surface area contributed by atoms with E-state index in [1.54, 1.807) is 30.3 Å². The number of nitrogen functional groups attached to an aromatic ring is 2. The van der Waals surface area contributed by atoms with Crippen LogP contribution in [0, 0.1) is 11.6 Å². The van der Waals surface area contributed by atoms with Crippen LogP contribution in [0.2, 0.25) is 0 Å². The van der Waals surface area contributed by atoms with Crippen molar-refractivity contribution in [1.82, 2.24) is 24.7 Å². The van der Waals surface area contributed by atoms with Gasteiger partial charge in [0, 0.05) is 12.5 Å². The van der Waals surface area contributed by atoms with E-state index in [1.165, 1.54) is 43.2 Å². The minimum absolute atomic E-state index is 0.0324. The van der Waals surface area contributed by atoms with Crippen molar-refractivity contribution in [1.29, 1.82) is 0 Å². The molecule has 0 aliphatic rings. The first-order valence-corrected chi connectivity index (χ1v) is 12.4. The second kappa shape index (κ2) is 11.4. The van der Waals surface area contributed by atoms with E-state index in [2.05, 4.69) is 20.1 Å². The van der Waals surface area contributed by atoms with Gasteiger partial charge in [-0.2, -0.15) is 19.7 Å². The number of carbonyl (C=O) groups excluding carboxylic acids is 2. The van der Waals surface area contributed by atoms with Gasteiger partial charge in [-0.3, -0.25) is 4.90 Å². The van der Waals surface area contributed by atoms with Crippen molar-refractivity contribution >= 4 is 40.4 Å². The van der Waals surface area contributed by atoms with Crippen LogP contribution in [0.15, 0.2) is 60.8 Å². The number of amides is 1. The number of pyridine rings is 1. The Labute approximate surface area is 237 Å². The summed E-state index contributed by atoms with van der Waals surface area (Å²) in [5.74, 6) is -2.11. The van der Waals surface area contributed by atoms with Gasteiger partial charge in [0.2, 0.25) is 0 Å². The van der Waals surface area contributed by atoms with E-state index < -0.39 is 23.7 Å². The topological polar surface area (TPSA) is 164 Å². The molecule has 0 aliphatic heterocycles. The number of ether oxygens (including phenoxy) is 2. The molecule has 4 N–H and O–H groups in total. The average molecular weight is 575 g/mol. The molecule has 0 aliphatic carbocycles. The van der Waals surface area contributed by atoms with Crippen molar-refractivity contribution in [2.45, 2.75) is 13.0 Å². The van der Waals surface area contributed by atoms with E-state index in [0.717, 1.165) is 11.1 Å². The number of halogens is 2. The summed E-state index contributed by atoms with van der Waals surface area (Å²) >= 11 is 0. The van der Waals surface area contributed by atoms with Crippen LogP contribution in [-0.2, 0) is 22.4 Å². The number of hydrogen-bond acceptors (Lipinski definition) is 10. The maximum Gasteiger partial charge on any atom is 0.414 e. The van der Waals surface area contributed by atoms with Crippen molar-refractivity contribution in [3.63, 3.8) is 0 Å². The molecular formula is C28H24F2N8O4. The molecule has 2 aromatic carbocycles. The molecule has 5 aromatic rings. The molecule has 0 fully saturated rings. The fourth-order valence-electron chi connectivity index (χ4n) is 4.37. The Morgan fingerprint density at radius 1 is 0.976 bits per heavy atom. The fourth-order valence-corrected chi connectivity index (χ4v) is 4.37. The largest absolute Gasteiger partial charge is 0.465 e. The number of methoxy groups -OCH3 is 2. The molecule has 0 saturated heterocycles. The summed E-state index contributed by atoms with van der Waals surface area (Å²) in [7, 11) is 2.46. The molecule has 5 rings (SSSR count). The quantitative estimate of drug-likeness (QED) is 0.273. The highest BCUT2D eigenvalue weighted by Gasteiger charge is 2.26. The molecule has 14 heteroatoms. The van der Waals surface area contributed by atoms with Crippen LogP contribution < -0.4 is 16.4 Å². The van der Waals surface area contributed by atoms with Crippen LogP contribution in [0.3, 0.4) is 0 Å². The van der Waals surface area contributed by atoms with Crippen molar-refractivity contribution in [3.8, 4) is 5.95 Å². The van der Waals surface area contributed by atoms with Crippen molar-refractivity contribution in [2.75, 3.05) is 30.6 Å². The lowest BCUT2D eigenvalue weighted by molar-refractivity contribution is 0.0600. The third-order valence-corrected chi connectivity index (χ3v) is 6.37. The summed E-state index contributed by atoms with van der Waals surface area (Å²) in [5.41, 5.74) is 14.7. The molecule has 42 heavy (non-hydrogen) atoms. The summed E-state index contributed by atoms with van der Waals surface area (Å²) in [6, 6.07) is 13.7. The highest BCUT2D eigenvalue weighted by atomic mass is 19.1. The molecule has 0 radical (unpaired) electrons. The molecule has 0 atom stereocenters. The predicted molar refractivity (Wildman–Crippen MR) is 149 cm³/mol. The van der Waals surface area contributed by atoms with Crippen LogP contribution in [0.25, 0.3) is 17.0 Å². The van der Waals surface area contributed by atoms with Gasteiger partial charge in [-0.25, -0.2) is 23.4 Å². The van der Waals surface area contributed by atoms with Gasteiger partial charge in [-0.1, -0.05) is 30.3 Å². The lowest BCUT2D eigenvalue weighted by Crippen LogP contribution is -2.32. The van der Waals surface area contributed by atoms with Gasteiger partial charge in [-0.05, 0) is 29.3 Å². The molecule has 214 valence electrons. The number of nitrogens with two attached hydrogens (primary N) is 2. The van der Waals surface area contributed by atoms with Gasteiger partial charge in [-0.15, -0.1) is 0 Å². The van der Waals surface area contributed by atoms with Gasteiger partial charge in [0.25, 0.3) is 5.95 Å². The number of benzene rings is 2.